The molecule has 0 saturated carbocycles. The molecule has 0 aromatic heterocycles. The van der Waals surface area contributed by atoms with E-state index in [9.17, 15) is 15.0 Å². The molecule has 3 aromatic carbocycles. The van der Waals surface area contributed by atoms with Gasteiger partial charge in [0.15, 0.2) is 0 Å². The number of benzene rings is 3. The normalized spacial score (nSPS) is 10.8. The predicted octanol–water partition coefficient (Wildman–Crippen LogP) is 1.87. The van der Waals surface area contributed by atoms with E-state index in [1.54, 1.807) is 6.07 Å². The Morgan fingerprint density at radius 3 is 1.71 bits per heavy atom. The molecular formula is C23H24NO3P. The van der Waals surface area contributed by atoms with Gasteiger partial charge in [-0.25, -0.2) is 0 Å². The summed E-state index contributed by atoms with van der Waals surface area (Å²) < 4.78 is 0. The molecule has 0 radical (unpaired) electrons. The first-order valence-corrected chi connectivity index (χ1v) is 10.6. The van der Waals surface area contributed by atoms with E-state index < -0.39 is 7.92 Å². The Balaban J connectivity index is 2.00. The van der Waals surface area contributed by atoms with Crippen LogP contribution in [0.4, 0.5) is 0 Å². The van der Waals surface area contributed by atoms with Crippen LogP contribution in [-0.2, 0) is 0 Å². The van der Waals surface area contributed by atoms with Crippen LogP contribution in [0.5, 0.6) is 0 Å². The van der Waals surface area contributed by atoms with Crippen LogP contribution in [0.15, 0.2) is 84.9 Å². The van der Waals surface area contributed by atoms with E-state index in [1.807, 2.05) is 48.5 Å². The summed E-state index contributed by atoms with van der Waals surface area (Å²) in [6.07, 6.45) is 0. The van der Waals surface area contributed by atoms with Crippen molar-refractivity contribution in [2.24, 2.45) is 0 Å². The van der Waals surface area contributed by atoms with Crippen LogP contribution in [0.2, 0.25) is 0 Å². The second kappa shape index (κ2) is 10.1. The van der Waals surface area contributed by atoms with Crippen LogP contribution in [0.25, 0.3) is 0 Å². The minimum absolute atomic E-state index is 0.133. The lowest BCUT2D eigenvalue weighted by atomic mass is 10.2. The van der Waals surface area contributed by atoms with Crippen molar-refractivity contribution in [1.29, 1.82) is 0 Å². The number of rotatable bonds is 8. The molecule has 3 aromatic rings. The Morgan fingerprint density at radius 1 is 0.714 bits per heavy atom. The Morgan fingerprint density at radius 2 is 1.21 bits per heavy atom. The lowest BCUT2D eigenvalue weighted by Crippen LogP contribution is -2.36. The highest BCUT2D eigenvalue weighted by Gasteiger charge is 2.20. The minimum Gasteiger partial charge on any atom is -0.395 e. The Hall–Kier alpha value is -2.52. The van der Waals surface area contributed by atoms with Crippen LogP contribution in [-0.4, -0.2) is 47.3 Å². The lowest BCUT2D eigenvalue weighted by molar-refractivity contribution is 0.0685. The Bertz CT molecular complexity index is 841. The summed E-state index contributed by atoms with van der Waals surface area (Å²) in [5.41, 5.74) is 0.568. The Labute approximate surface area is 166 Å². The second-order valence-corrected chi connectivity index (χ2v) is 8.52. The van der Waals surface area contributed by atoms with Crippen LogP contribution < -0.4 is 15.9 Å². The molecule has 0 spiro atoms. The van der Waals surface area contributed by atoms with Crippen molar-refractivity contribution in [2.75, 3.05) is 26.3 Å². The van der Waals surface area contributed by atoms with Gasteiger partial charge >= 0.3 is 0 Å². The summed E-state index contributed by atoms with van der Waals surface area (Å²) in [5, 5.41) is 22.0. The van der Waals surface area contributed by atoms with Gasteiger partial charge in [0.25, 0.3) is 5.91 Å². The number of amides is 1. The van der Waals surface area contributed by atoms with Crippen molar-refractivity contribution < 1.29 is 15.0 Å². The predicted molar refractivity (Wildman–Crippen MR) is 115 cm³/mol. The monoisotopic (exact) mass is 393 g/mol. The van der Waals surface area contributed by atoms with Gasteiger partial charge in [-0.05, 0) is 36.0 Å². The maximum atomic E-state index is 12.9. The maximum absolute atomic E-state index is 12.9. The summed E-state index contributed by atoms with van der Waals surface area (Å²) in [6, 6.07) is 28.3. The smallest absolute Gasteiger partial charge is 0.254 e. The molecular weight excluding hydrogens is 369 g/mol. The van der Waals surface area contributed by atoms with Crippen molar-refractivity contribution in [3.63, 3.8) is 0 Å². The molecule has 0 heterocycles. The molecule has 0 unspecified atom stereocenters. The first-order chi connectivity index (χ1) is 13.7. The van der Waals surface area contributed by atoms with E-state index in [0.29, 0.717) is 5.56 Å². The van der Waals surface area contributed by atoms with Gasteiger partial charge in [0, 0.05) is 18.7 Å². The number of carbonyl (C=O) groups is 1. The number of aliphatic hydroxyl groups excluding tert-OH is 2. The highest BCUT2D eigenvalue weighted by Crippen LogP contribution is 2.32. The van der Waals surface area contributed by atoms with Crippen molar-refractivity contribution in [3.05, 3.63) is 90.5 Å². The first-order valence-electron chi connectivity index (χ1n) is 9.26. The molecule has 3 rings (SSSR count). The maximum Gasteiger partial charge on any atom is 0.254 e. The molecule has 0 atom stereocenters. The van der Waals surface area contributed by atoms with Gasteiger partial charge in [-0.2, -0.15) is 0 Å². The molecule has 144 valence electrons. The lowest BCUT2D eigenvalue weighted by Gasteiger charge is -2.23. The fourth-order valence-electron chi connectivity index (χ4n) is 3.12. The van der Waals surface area contributed by atoms with Crippen molar-refractivity contribution >= 4 is 29.7 Å². The molecule has 1 amide bonds. The number of carbonyl (C=O) groups excluding carboxylic acids is 1. The van der Waals surface area contributed by atoms with Crippen LogP contribution in [0, 0.1) is 0 Å². The zero-order chi connectivity index (χ0) is 19.8. The molecule has 0 bridgehead atoms. The topological polar surface area (TPSA) is 60.8 Å². The van der Waals surface area contributed by atoms with Gasteiger partial charge < -0.3 is 15.1 Å². The molecule has 5 heteroatoms. The number of hydrogen-bond acceptors (Lipinski definition) is 3. The van der Waals surface area contributed by atoms with E-state index >= 15 is 0 Å². The zero-order valence-electron chi connectivity index (χ0n) is 15.6. The average Bonchev–Trinajstić information content (AvgIpc) is 2.75. The average molecular weight is 393 g/mol. The summed E-state index contributed by atoms with van der Waals surface area (Å²) in [5.74, 6) is -0.180. The molecule has 0 saturated heterocycles. The Kier molecular flexibility index (Phi) is 7.32. The van der Waals surface area contributed by atoms with Crippen LogP contribution in [0.3, 0.4) is 0 Å². The first kappa shape index (κ1) is 20.2. The molecule has 28 heavy (non-hydrogen) atoms. The summed E-state index contributed by atoms with van der Waals surface area (Å²) in [7, 11) is -0.792. The van der Waals surface area contributed by atoms with Gasteiger partial charge in [0.05, 0.1) is 13.2 Å². The van der Waals surface area contributed by atoms with Crippen molar-refractivity contribution in [3.8, 4) is 0 Å². The van der Waals surface area contributed by atoms with E-state index in [0.717, 1.165) is 5.30 Å². The van der Waals surface area contributed by atoms with Crippen LogP contribution >= 0.6 is 7.92 Å². The van der Waals surface area contributed by atoms with E-state index in [2.05, 4.69) is 30.3 Å². The van der Waals surface area contributed by atoms with Gasteiger partial charge in [0.1, 0.15) is 0 Å². The van der Waals surface area contributed by atoms with Gasteiger partial charge in [-0.3, -0.25) is 4.79 Å². The standard InChI is InChI=1S/C23H24NO3P/c25-16-14-24(15-17-26)23(27)19-8-7-13-22(18-19)28(20-9-3-1-4-10-20)21-11-5-2-6-12-21/h1-13,18,25-26H,14-17H2. The fourth-order valence-corrected chi connectivity index (χ4v) is 5.46. The quantitative estimate of drug-likeness (QED) is 0.575. The number of nitrogens with zero attached hydrogens (tertiary/aromatic N) is 1. The summed E-state index contributed by atoms with van der Waals surface area (Å²) in [4.78, 5) is 14.4. The third kappa shape index (κ3) is 4.85. The molecule has 0 aliphatic carbocycles. The highest BCUT2D eigenvalue weighted by molar-refractivity contribution is 7.79. The third-order valence-corrected chi connectivity index (χ3v) is 6.83. The van der Waals surface area contributed by atoms with Gasteiger partial charge in [-0.1, -0.05) is 72.8 Å². The zero-order valence-corrected chi connectivity index (χ0v) is 16.5. The summed E-state index contributed by atoms with van der Waals surface area (Å²) >= 11 is 0. The minimum atomic E-state index is -0.792. The SMILES string of the molecule is O=C(c1cccc(P(c2ccccc2)c2ccccc2)c1)N(CCO)CCO. The van der Waals surface area contributed by atoms with E-state index in [4.69, 9.17) is 0 Å². The van der Waals surface area contributed by atoms with E-state index in [1.165, 1.54) is 15.5 Å². The molecule has 2 N–H and O–H groups in total. The van der Waals surface area contributed by atoms with Crippen LogP contribution in [0.1, 0.15) is 10.4 Å². The molecule has 4 nitrogen and oxygen atoms in total. The van der Waals surface area contributed by atoms with E-state index in [-0.39, 0.29) is 32.2 Å². The number of aliphatic hydroxyl groups is 2. The number of hydrogen-bond donors (Lipinski definition) is 2. The molecule has 0 fully saturated rings. The van der Waals surface area contributed by atoms with Crippen molar-refractivity contribution in [2.45, 2.75) is 0 Å². The third-order valence-electron chi connectivity index (χ3n) is 4.41. The highest BCUT2D eigenvalue weighted by atomic mass is 31.1. The second-order valence-electron chi connectivity index (χ2n) is 6.30. The summed E-state index contributed by atoms with van der Waals surface area (Å²) in [6.45, 7) is 0.143. The molecule has 0 aliphatic rings. The van der Waals surface area contributed by atoms with Crippen molar-refractivity contribution in [1.82, 2.24) is 4.90 Å². The molecule has 0 aliphatic heterocycles. The van der Waals surface area contributed by atoms with Gasteiger partial charge in [-0.15, -0.1) is 0 Å². The van der Waals surface area contributed by atoms with Gasteiger partial charge in [0.2, 0.25) is 0 Å². The fraction of sp³-hybridized carbons (Fsp3) is 0.174. The largest absolute Gasteiger partial charge is 0.395 e.